The van der Waals surface area contributed by atoms with Crippen molar-refractivity contribution in [1.82, 2.24) is 20.3 Å². The highest BCUT2D eigenvalue weighted by atomic mass is 16.5. The minimum Gasteiger partial charge on any atom is -0.376 e. The lowest BCUT2D eigenvalue weighted by Crippen LogP contribution is -2.35. The summed E-state index contributed by atoms with van der Waals surface area (Å²) in [5.74, 6) is 0. The maximum Gasteiger partial charge on any atom is 0.0782 e. The van der Waals surface area contributed by atoms with Gasteiger partial charge in [0, 0.05) is 13.7 Å². The Kier molecular flexibility index (Phi) is 6.15. The van der Waals surface area contributed by atoms with Gasteiger partial charge >= 0.3 is 0 Å². The van der Waals surface area contributed by atoms with Crippen molar-refractivity contribution in [3.05, 3.63) is 11.9 Å². The number of aromatic nitrogens is 3. The molecule has 5 nitrogen and oxygen atoms in total. The molecule has 0 saturated heterocycles. The van der Waals surface area contributed by atoms with Crippen LogP contribution in [0.3, 0.4) is 0 Å². The Balaban J connectivity index is 2.82. The van der Waals surface area contributed by atoms with Crippen LogP contribution in [-0.2, 0) is 11.8 Å². The standard InChI is InChI=1S/C12H24N4O/c1-5-8-13-12(11(6-2)17-7-3)10-9-14-15-16(10)4/h9,11-13H,5-8H2,1-4H3. The highest BCUT2D eigenvalue weighted by molar-refractivity contribution is 5.04. The van der Waals surface area contributed by atoms with E-state index in [-0.39, 0.29) is 12.1 Å². The summed E-state index contributed by atoms with van der Waals surface area (Å²) in [5.41, 5.74) is 1.08. The predicted octanol–water partition coefficient (Wildman–Crippen LogP) is 1.67. The Bertz CT molecular complexity index is 313. The monoisotopic (exact) mass is 240 g/mol. The molecule has 0 aliphatic heterocycles. The molecular formula is C12H24N4O. The van der Waals surface area contributed by atoms with Gasteiger partial charge in [-0.2, -0.15) is 0 Å². The van der Waals surface area contributed by atoms with E-state index in [0.29, 0.717) is 0 Å². The van der Waals surface area contributed by atoms with Gasteiger partial charge in [0.2, 0.25) is 0 Å². The van der Waals surface area contributed by atoms with Crippen molar-refractivity contribution in [2.45, 2.75) is 45.8 Å². The van der Waals surface area contributed by atoms with Crippen molar-refractivity contribution in [3.63, 3.8) is 0 Å². The maximum atomic E-state index is 5.80. The maximum absolute atomic E-state index is 5.80. The quantitative estimate of drug-likeness (QED) is 0.751. The van der Waals surface area contributed by atoms with Gasteiger partial charge in [0.05, 0.1) is 24.0 Å². The Morgan fingerprint density at radius 2 is 2.18 bits per heavy atom. The molecule has 2 atom stereocenters. The molecule has 1 N–H and O–H groups in total. The molecule has 0 saturated carbocycles. The Hall–Kier alpha value is -0.940. The highest BCUT2D eigenvalue weighted by Crippen LogP contribution is 2.20. The van der Waals surface area contributed by atoms with E-state index in [0.717, 1.165) is 31.7 Å². The SMILES string of the molecule is CCCNC(c1cnnn1C)C(CC)OCC. The zero-order valence-electron chi connectivity index (χ0n) is 11.3. The van der Waals surface area contributed by atoms with Crippen LogP contribution in [0.25, 0.3) is 0 Å². The largest absolute Gasteiger partial charge is 0.376 e. The number of nitrogens with zero attached hydrogens (tertiary/aromatic N) is 3. The molecule has 5 heteroatoms. The van der Waals surface area contributed by atoms with E-state index >= 15 is 0 Å². The Morgan fingerprint density at radius 1 is 1.41 bits per heavy atom. The third-order valence-electron chi connectivity index (χ3n) is 2.84. The van der Waals surface area contributed by atoms with Crippen molar-refractivity contribution in [2.24, 2.45) is 7.05 Å². The fourth-order valence-electron chi connectivity index (χ4n) is 1.97. The second-order valence-electron chi connectivity index (χ2n) is 4.12. The van der Waals surface area contributed by atoms with E-state index in [1.807, 2.05) is 24.9 Å². The van der Waals surface area contributed by atoms with Gasteiger partial charge in [-0.05, 0) is 26.3 Å². The van der Waals surface area contributed by atoms with Crippen molar-refractivity contribution < 1.29 is 4.74 Å². The molecule has 0 radical (unpaired) electrons. The lowest BCUT2D eigenvalue weighted by molar-refractivity contribution is 0.0294. The van der Waals surface area contributed by atoms with Crippen LogP contribution < -0.4 is 5.32 Å². The lowest BCUT2D eigenvalue weighted by Gasteiger charge is -2.26. The first kappa shape index (κ1) is 14.1. The Morgan fingerprint density at radius 3 is 2.65 bits per heavy atom. The topological polar surface area (TPSA) is 52.0 Å². The summed E-state index contributed by atoms with van der Waals surface area (Å²) in [7, 11) is 1.92. The molecule has 17 heavy (non-hydrogen) atoms. The minimum atomic E-state index is 0.167. The molecule has 0 aromatic carbocycles. The van der Waals surface area contributed by atoms with E-state index in [9.17, 15) is 0 Å². The molecule has 0 fully saturated rings. The van der Waals surface area contributed by atoms with Crippen LogP contribution in [0.5, 0.6) is 0 Å². The molecule has 1 aromatic heterocycles. The molecule has 0 spiro atoms. The molecule has 0 aliphatic rings. The third-order valence-corrected chi connectivity index (χ3v) is 2.84. The summed E-state index contributed by atoms with van der Waals surface area (Å²) >= 11 is 0. The van der Waals surface area contributed by atoms with Gasteiger partial charge in [0.1, 0.15) is 0 Å². The third kappa shape index (κ3) is 3.78. The number of rotatable bonds is 8. The number of ether oxygens (including phenoxy) is 1. The highest BCUT2D eigenvalue weighted by Gasteiger charge is 2.24. The normalized spacial score (nSPS) is 14.8. The molecule has 98 valence electrons. The summed E-state index contributed by atoms with van der Waals surface area (Å²) in [6.07, 6.45) is 4.06. The van der Waals surface area contributed by atoms with Crippen LogP contribution in [0.2, 0.25) is 0 Å². The zero-order chi connectivity index (χ0) is 12.7. The summed E-state index contributed by atoms with van der Waals surface area (Å²) in [6, 6.07) is 0.167. The van der Waals surface area contributed by atoms with Gasteiger partial charge < -0.3 is 10.1 Å². The lowest BCUT2D eigenvalue weighted by atomic mass is 10.1. The van der Waals surface area contributed by atoms with E-state index in [2.05, 4.69) is 29.5 Å². The van der Waals surface area contributed by atoms with Crippen LogP contribution in [-0.4, -0.2) is 34.2 Å². The van der Waals surface area contributed by atoms with Gasteiger partial charge in [-0.15, -0.1) is 5.10 Å². The van der Waals surface area contributed by atoms with Crippen molar-refractivity contribution >= 4 is 0 Å². The smallest absolute Gasteiger partial charge is 0.0782 e. The number of nitrogens with one attached hydrogen (secondary N) is 1. The van der Waals surface area contributed by atoms with Crippen molar-refractivity contribution in [1.29, 1.82) is 0 Å². The van der Waals surface area contributed by atoms with Gasteiger partial charge in [-0.1, -0.05) is 19.1 Å². The van der Waals surface area contributed by atoms with Crippen LogP contribution in [0, 0.1) is 0 Å². The first-order valence-corrected chi connectivity index (χ1v) is 6.44. The van der Waals surface area contributed by atoms with E-state index in [1.165, 1.54) is 0 Å². The molecule has 1 aromatic rings. The molecule has 0 aliphatic carbocycles. The summed E-state index contributed by atoms with van der Waals surface area (Å²) in [6.45, 7) is 8.03. The fourth-order valence-corrected chi connectivity index (χ4v) is 1.97. The number of aryl methyl sites for hydroxylation is 1. The molecule has 0 bridgehead atoms. The van der Waals surface area contributed by atoms with Gasteiger partial charge in [-0.3, -0.25) is 4.68 Å². The van der Waals surface area contributed by atoms with Crippen molar-refractivity contribution in [3.8, 4) is 0 Å². The number of hydrogen-bond acceptors (Lipinski definition) is 4. The molecular weight excluding hydrogens is 216 g/mol. The van der Waals surface area contributed by atoms with Gasteiger partial charge in [-0.25, -0.2) is 0 Å². The van der Waals surface area contributed by atoms with E-state index in [1.54, 1.807) is 0 Å². The molecule has 2 unspecified atom stereocenters. The molecule has 1 rings (SSSR count). The minimum absolute atomic E-state index is 0.167. The van der Waals surface area contributed by atoms with Crippen molar-refractivity contribution in [2.75, 3.05) is 13.2 Å². The summed E-state index contributed by atoms with van der Waals surface area (Å²) < 4.78 is 7.61. The van der Waals surface area contributed by atoms with Crippen LogP contribution in [0.4, 0.5) is 0 Å². The first-order chi connectivity index (χ1) is 8.24. The van der Waals surface area contributed by atoms with Crippen LogP contribution >= 0.6 is 0 Å². The van der Waals surface area contributed by atoms with E-state index in [4.69, 9.17) is 4.74 Å². The van der Waals surface area contributed by atoms with Crippen LogP contribution in [0.1, 0.15) is 45.3 Å². The Labute approximate surface area is 104 Å². The average Bonchev–Trinajstić information content (AvgIpc) is 2.75. The first-order valence-electron chi connectivity index (χ1n) is 6.44. The summed E-state index contributed by atoms with van der Waals surface area (Å²) in [4.78, 5) is 0. The molecule has 0 amide bonds. The fraction of sp³-hybridized carbons (Fsp3) is 0.833. The summed E-state index contributed by atoms with van der Waals surface area (Å²) in [5, 5.41) is 11.5. The molecule has 1 heterocycles. The second-order valence-corrected chi connectivity index (χ2v) is 4.12. The second kappa shape index (κ2) is 7.40. The van der Waals surface area contributed by atoms with Crippen LogP contribution in [0.15, 0.2) is 6.20 Å². The number of hydrogen-bond donors (Lipinski definition) is 1. The predicted molar refractivity (Wildman–Crippen MR) is 67.7 cm³/mol. The van der Waals surface area contributed by atoms with E-state index < -0.39 is 0 Å². The average molecular weight is 240 g/mol. The van der Waals surface area contributed by atoms with Gasteiger partial charge in [0.15, 0.2) is 0 Å². The van der Waals surface area contributed by atoms with Gasteiger partial charge in [0.25, 0.3) is 0 Å². The zero-order valence-corrected chi connectivity index (χ0v) is 11.3.